The molecule has 8 heteroatoms. The Hall–Kier alpha value is -2.19. The van der Waals surface area contributed by atoms with Gasteiger partial charge in [0, 0.05) is 31.1 Å². The van der Waals surface area contributed by atoms with Crippen LogP contribution in [-0.4, -0.2) is 71.2 Å². The highest BCUT2D eigenvalue weighted by Crippen LogP contribution is 2.27. The van der Waals surface area contributed by atoms with Crippen LogP contribution < -0.4 is 0 Å². The van der Waals surface area contributed by atoms with E-state index in [2.05, 4.69) is 23.2 Å². The predicted octanol–water partition coefficient (Wildman–Crippen LogP) is 2.16. The molecule has 0 radical (unpaired) electrons. The molecule has 2 fully saturated rings. The van der Waals surface area contributed by atoms with E-state index in [0.29, 0.717) is 45.1 Å². The minimum Gasteiger partial charge on any atom is -0.378 e. The minimum absolute atomic E-state index is 0.106. The highest BCUT2D eigenvalue weighted by molar-refractivity contribution is 7.15. The van der Waals surface area contributed by atoms with Crippen LogP contribution in [0.2, 0.25) is 0 Å². The average molecular weight is 388 g/mol. The maximum atomic E-state index is 12.9. The molecule has 2 aliphatic rings. The molecular formula is C19H24N4O3S. The number of amides is 2. The van der Waals surface area contributed by atoms with E-state index in [0.717, 1.165) is 23.4 Å². The van der Waals surface area contributed by atoms with E-state index in [1.165, 1.54) is 4.88 Å². The molecule has 2 saturated heterocycles. The van der Waals surface area contributed by atoms with Gasteiger partial charge < -0.3 is 14.5 Å². The number of nitrogens with zero attached hydrogens (tertiary/aromatic N) is 3. The quantitative estimate of drug-likeness (QED) is 0.874. The van der Waals surface area contributed by atoms with Crippen LogP contribution in [0, 0.1) is 12.8 Å². The number of piperidine rings is 1. The number of carbonyl (C=O) groups excluding carboxylic acids is 2. The summed E-state index contributed by atoms with van der Waals surface area (Å²) in [5.74, 6) is -0.0861. The zero-order valence-electron chi connectivity index (χ0n) is 15.4. The summed E-state index contributed by atoms with van der Waals surface area (Å²) in [4.78, 5) is 31.6. The molecule has 0 bridgehead atoms. The molecule has 4 heterocycles. The molecule has 0 aromatic carbocycles. The van der Waals surface area contributed by atoms with Gasteiger partial charge in [0.15, 0.2) is 5.69 Å². The molecule has 144 valence electrons. The van der Waals surface area contributed by atoms with E-state index in [-0.39, 0.29) is 17.7 Å². The van der Waals surface area contributed by atoms with E-state index in [4.69, 9.17) is 4.74 Å². The summed E-state index contributed by atoms with van der Waals surface area (Å²) in [5.41, 5.74) is 1.27. The van der Waals surface area contributed by atoms with Crippen molar-refractivity contribution in [2.24, 2.45) is 5.92 Å². The number of morpholine rings is 1. The van der Waals surface area contributed by atoms with Crippen LogP contribution in [0.25, 0.3) is 10.6 Å². The fourth-order valence-electron chi connectivity index (χ4n) is 3.70. The Kier molecular flexibility index (Phi) is 5.27. The van der Waals surface area contributed by atoms with Crippen molar-refractivity contribution in [1.82, 2.24) is 20.0 Å². The summed E-state index contributed by atoms with van der Waals surface area (Å²) < 4.78 is 5.33. The predicted molar refractivity (Wildman–Crippen MR) is 103 cm³/mol. The smallest absolute Gasteiger partial charge is 0.274 e. The number of aryl methyl sites for hydroxylation is 1. The molecule has 0 aliphatic carbocycles. The summed E-state index contributed by atoms with van der Waals surface area (Å²) in [6.45, 7) is 5.68. The lowest BCUT2D eigenvalue weighted by Crippen LogP contribution is -2.49. The monoisotopic (exact) mass is 388 g/mol. The van der Waals surface area contributed by atoms with Crippen molar-refractivity contribution in [3.05, 3.63) is 28.8 Å². The van der Waals surface area contributed by atoms with Crippen LogP contribution in [0.5, 0.6) is 0 Å². The first-order chi connectivity index (χ1) is 13.1. The number of thiophene rings is 1. The van der Waals surface area contributed by atoms with Gasteiger partial charge in [0.1, 0.15) is 0 Å². The van der Waals surface area contributed by atoms with Gasteiger partial charge in [0.05, 0.1) is 29.7 Å². The number of rotatable bonds is 3. The summed E-state index contributed by atoms with van der Waals surface area (Å²) in [5, 5.41) is 7.18. The van der Waals surface area contributed by atoms with Crippen LogP contribution >= 0.6 is 11.3 Å². The van der Waals surface area contributed by atoms with Crippen molar-refractivity contribution in [2.45, 2.75) is 19.8 Å². The molecule has 4 rings (SSSR count). The zero-order chi connectivity index (χ0) is 18.8. The highest BCUT2D eigenvalue weighted by atomic mass is 32.1. The number of aromatic amines is 1. The standard InChI is InChI=1S/C19H24N4O3S/c1-13-4-5-17(27-13)15-11-16(21-20-15)19(25)23-6-2-3-14(12-23)18(24)22-7-9-26-10-8-22/h4-5,11,14H,2-3,6-10,12H2,1H3,(H,20,21)/t14-/m1/s1. The van der Waals surface area contributed by atoms with Gasteiger partial charge in [-0.2, -0.15) is 5.10 Å². The summed E-state index contributed by atoms with van der Waals surface area (Å²) >= 11 is 1.67. The Bertz CT molecular complexity index is 825. The maximum Gasteiger partial charge on any atom is 0.274 e. The van der Waals surface area contributed by atoms with Gasteiger partial charge in [0.25, 0.3) is 5.91 Å². The second-order valence-corrected chi connectivity index (χ2v) is 8.39. The molecule has 27 heavy (non-hydrogen) atoms. The first kappa shape index (κ1) is 18.2. The molecule has 1 atom stereocenters. The van der Waals surface area contributed by atoms with Gasteiger partial charge >= 0.3 is 0 Å². The SMILES string of the molecule is Cc1ccc(-c2cc(C(=O)N3CCC[C@@H](C(=O)N4CCOCC4)C3)n[nH]2)s1. The minimum atomic E-state index is -0.126. The normalized spacial score (nSPS) is 20.7. The Morgan fingerprint density at radius 2 is 2.04 bits per heavy atom. The Morgan fingerprint density at radius 1 is 1.22 bits per heavy atom. The van der Waals surface area contributed by atoms with Crippen molar-refractivity contribution >= 4 is 23.2 Å². The average Bonchev–Trinajstić information content (AvgIpc) is 3.37. The van der Waals surface area contributed by atoms with Crippen molar-refractivity contribution in [1.29, 1.82) is 0 Å². The number of H-pyrrole nitrogens is 1. The Morgan fingerprint density at radius 3 is 2.78 bits per heavy atom. The molecule has 2 aromatic heterocycles. The van der Waals surface area contributed by atoms with Gasteiger partial charge in [-0.15, -0.1) is 11.3 Å². The molecule has 7 nitrogen and oxygen atoms in total. The summed E-state index contributed by atoms with van der Waals surface area (Å²) in [6.07, 6.45) is 1.67. The lowest BCUT2D eigenvalue weighted by Gasteiger charge is -2.36. The largest absolute Gasteiger partial charge is 0.378 e. The number of aromatic nitrogens is 2. The van der Waals surface area contributed by atoms with E-state index < -0.39 is 0 Å². The fraction of sp³-hybridized carbons (Fsp3) is 0.526. The number of carbonyl (C=O) groups is 2. The number of hydrogen-bond acceptors (Lipinski definition) is 5. The fourth-order valence-corrected chi connectivity index (χ4v) is 4.54. The van der Waals surface area contributed by atoms with Crippen LogP contribution in [0.1, 0.15) is 28.2 Å². The molecule has 1 N–H and O–H groups in total. The molecule has 0 unspecified atom stereocenters. The van der Waals surface area contributed by atoms with Crippen LogP contribution in [0.3, 0.4) is 0 Å². The highest BCUT2D eigenvalue weighted by Gasteiger charge is 2.32. The lowest BCUT2D eigenvalue weighted by atomic mass is 9.96. The van der Waals surface area contributed by atoms with E-state index in [9.17, 15) is 9.59 Å². The van der Waals surface area contributed by atoms with Crippen molar-refractivity contribution in [2.75, 3.05) is 39.4 Å². The summed E-state index contributed by atoms with van der Waals surface area (Å²) in [6, 6.07) is 5.88. The van der Waals surface area contributed by atoms with Gasteiger partial charge in [0.2, 0.25) is 5.91 Å². The molecule has 2 aliphatic heterocycles. The Labute approximate surface area is 162 Å². The maximum absolute atomic E-state index is 12.9. The number of hydrogen-bond donors (Lipinski definition) is 1. The Balaban J connectivity index is 1.42. The third-order valence-electron chi connectivity index (χ3n) is 5.18. The first-order valence-corrected chi connectivity index (χ1v) is 10.2. The molecular weight excluding hydrogens is 364 g/mol. The van der Waals surface area contributed by atoms with Crippen molar-refractivity contribution in [3.8, 4) is 10.6 Å². The van der Waals surface area contributed by atoms with E-state index in [1.807, 2.05) is 11.0 Å². The molecule has 2 amide bonds. The molecule has 2 aromatic rings. The first-order valence-electron chi connectivity index (χ1n) is 9.40. The van der Waals surface area contributed by atoms with E-state index >= 15 is 0 Å². The van der Waals surface area contributed by atoms with Gasteiger partial charge in [-0.05, 0) is 38.0 Å². The number of ether oxygens (including phenoxy) is 1. The van der Waals surface area contributed by atoms with Crippen molar-refractivity contribution < 1.29 is 14.3 Å². The molecule has 0 saturated carbocycles. The second-order valence-electron chi connectivity index (χ2n) is 7.11. The second kappa shape index (κ2) is 7.82. The number of nitrogens with one attached hydrogen (secondary N) is 1. The van der Waals surface area contributed by atoms with Crippen LogP contribution in [-0.2, 0) is 9.53 Å². The van der Waals surface area contributed by atoms with Crippen LogP contribution in [0.4, 0.5) is 0 Å². The van der Waals surface area contributed by atoms with Crippen LogP contribution in [0.15, 0.2) is 18.2 Å². The van der Waals surface area contributed by atoms with Gasteiger partial charge in [-0.25, -0.2) is 0 Å². The zero-order valence-corrected chi connectivity index (χ0v) is 16.3. The number of likely N-dealkylation sites (tertiary alicyclic amines) is 1. The topological polar surface area (TPSA) is 78.5 Å². The summed E-state index contributed by atoms with van der Waals surface area (Å²) in [7, 11) is 0. The molecule has 0 spiro atoms. The van der Waals surface area contributed by atoms with Gasteiger partial charge in [-0.1, -0.05) is 0 Å². The third kappa shape index (κ3) is 3.91. The van der Waals surface area contributed by atoms with E-state index in [1.54, 1.807) is 22.3 Å². The van der Waals surface area contributed by atoms with Crippen molar-refractivity contribution in [3.63, 3.8) is 0 Å². The third-order valence-corrected chi connectivity index (χ3v) is 6.22. The lowest BCUT2D eigenvalue weighted by molar-refractivity contribution is -0.141. The van der Waals surface area contributed by atoms with Gasteiger partial charge in [-0.3, -0.25) is 14.7 Å².